The first-order valence-electron chi connectivity index (χ1n) is 8.21. The average molecular weight is 371 g/mol. The summed E-state index contributed by atoms with van der Waals surface area (Å²) < 4.78 is 22.1. The van der Waals surface area contributed by atoms with Crippen molar-refractivity contribution in [3.8, 4) is 11.5 Å². The Labute approximate surface area is 153 Å². The predicted octanol–water partition coefficient (Wildman–Crippen LogP) is 4.88. The minimum absolute atomic E-state index is 0.00323. The predicted molar refractivity (Wildman–Crippen MR) is 94.6 cm³/mol. The topological polar surface area (TPSA) is 66.8 Å². The highest BCUT2D eigenvalue weighted by Gasteiger charge is 2.13. The van der Waals surface area contributed by atoms with E-state index in [1.54, 1.807) is 6.07 Å². The molecule has 0 radical (unpaired) electrons. The van der Waals surface area contributed by atoms with Crippen molar-refractivity contribution in [1.29, 1.82) is 0 Å². The zero-order chi connectivity index (χ0) is 19.6. The lowest BCUT2D eigenvalue weighted by atomic mass is 9.96. The Morgan fingerprint density at radius 1 is 1.25 bits per heavy atom. The quantitative estimate of drug-likeness (QED) is 0.760. The van der Waals surface area contributed by atoms with Gasteiger partial charge in [0.2, 0.25) is 0 Å². The molecule has 2 rings (SSSR count). The summed E-state index contributed by atoms with van der Waals surface area (Å²) in [5.74, 6) is -0.921. The van der Waals surface area contributed by atoms with Gasteiger partial charge in [-0.15, -0.1) is 0 Å². The lowest BCUT2D eigenvalue weighted by Gasteiger charge is -2.13. The molecule has 0 amide bonds. The molecule has 0 aliphatic rings. The lowest BCUT2D eigenvalue weighted by molar-refractivity contribution is -0.139. The fourth-order valence-corrected chi connectivity index (χ4v) is 2.70. The van der Waals surface area contributed by atoms with E-state index in [2.05, 4.69) is 0 Å². The monoisotopic (exact) mass is 370 g/mol. The number of halogens is 2. The Morgan fingerprint density at radius 2 is 1.88 bits per heavy atom. The summed E-state index contributed by atoms with van der Waals surface area (Å²) in [6, 6.07) is 7.15. The van der Waals surface area contributed by atoms with Gasteiger partial charge in [0.15, 0.2) is 6.61 Å². The van der Waals surface area contributed by atoms with Crippen LogP contribution in [0.3, 0.4) is 0 Å². The molecule has 128 valence electrons. The minimum atomic E-state index is -2.03. The normalized spacial score (nSPS) is 12.7. The van der Waals surface area contributed by atoms with E-state index >= 15 is 0 Å². The Morgan fingerprint density at radius 3 is 2.42 bits per heavy atom. The number of hydrogen-bond donors (Lipinski definition) is 2. The first-order chi connectivity index (χ1) is 12.0. The van der Waals surface area contributed by atoms with Gasteiger partial charge < -0.3 is 14.9 Å². The van der Waals surface area contributed by atoms with E-state index in [1.807, 2.05) is 13.8 Å². The number of aliphatic carboxylic acids is 1. The smallest absolute Gasteiger partial charge is 0.341 e. The molecule has 0 bridgehead atoms. The van der Waals surface area contributed by atoms with Crippen molar-refractivity contribution >= 4 is 29.2 Å². The van der Waals surface area contributed by atoms with E-state index in [4.69, 9.17) is 35.8 Å². The zero-order valence-corrected chi connectivity index (χ0v) is 14.6. The van der Waals surface area contributed by atoms with Crippen LogP contribution in [0.25, 0.3) is 0 Å². The molecule has 0 unspecified atom stereocenters. The maximum Gasteiger partial charge on any atom is 0.341 e. The maximum absolute atomic E-state index is 10.6. The van der Waals surface area contributed by atoms with Crippen molar-refractivity contribution < 1.29 is 22.5 Å². The van der Waals surface area contributed by atoms with Crippen LogP contribution in [0.2, 0.25) is 10.0 Å². The molecule has 2 aromatic rings. The van der Waals surface area contributed by atoms with E-state index in [0.29, 0.717) is 11.1 Å². The first kappa shape index (κ1) is 15.6. The third kappa shape index (κ3) is 4.56. The SMILES string of the molecule is [2H]C([2H])(c1ccc(O)c(C(C)C)c1)c1c(Cl)cc(OCC(=O)O)cc1Cl. The van der Waals surface area contributed by atoms with Crippen LogP contribution in [-0.4, -0.2) is 22.8 Å². The van der Waals surface area contributed by atoms with E-state index in [0.717, 1.165) is 0 Å². The number of carboxylic acids is 1. The number of hydrogen-bond acceptors (Lipinski definition) is 3. The fourth-order valence-electron chi connectivity index (χ4n) is 2.14. The molecule has 0 aliphatic carbocycles. The van der Waals surface area contributed by atoms with Crippen molar-refractivity contribution in [3.63, 3.8) is 0 Å². The van der Waals surface area contributed by atoms with Gasteiger partial charge in [0, 0.05) is 19.2 Å². The van der Waals surface area contributed by atoms with Crippen LogP contribution in [0.15, 0.2) is 30.3 Å². The van der Waals surface area contributed by atoms with Crippen molar-refractivity contribution in [2.75, 3.05) is 6.61 Å². The number of phenols is 1. The number of ether oxygens (including phenoxy) is 1. The molecule has 2 aromatic carbocycles. The van der Waals surface area contributed by atoms with Crippen LogP contribution in [-0.2, 0) is 11.2 Å². The molecule has 2 N–H and O–H groups in total. The number of carbonyl (C=O) groups is 1. The van der Waals surface area contributed by atoms with Crippen LogP contribution in [0.5, 0.6) is 11.5 Å². The average Bonchev–Trinajstić information content (AvgIpc) is 2.51. The second-order valence-corrected chi connectivity index (χ2v) is 6.31. The summed E-state index contributed by atoms with van der Waals surface area (Å²) >= 11 is 12.4. The summed E-state index contributed by atoms with van der Waals surface area (Å²) in [5, 5.41) is 18.7. The van der Waals surface area contributed by atoms with Gasteiger partial charge in [-0.3, -0.25) is 0 Å². The molecule has 0 saturated heterocycles. The highest BCUT2D eigenvalue weighted by Crippen LogP contribution is 2.33. The van der Waals surface area contributed by atoms with Gasteiger partial charge in [0.25, 0.3) is 0 Å². The Bertz CT molecular complexity index is 815. The van der Waals surface area contributed by atoms with Gasteiger partial charge in [-0.25, -0.2) is 4.79 Å². The molecular weight excluding hydrogens is 351 g/mol. The van der Waals surface area contributed by atoms with Gasteiger partial charge in [0.1, 0.15) is 11.5 Å². The molecule has 24 heavy (non-hydrogen) atoms. The molecule has 0 aromatic heterocycles. The van der Waals surface area contributed by atoms with Crippen molar-refractivity contribution in [3.05, 3.63) is 57.1 Å². The largest absolute Gasteiger partial charge is 0.508 e. The van der Waals surface area contributed by atoms with Crippen molar-refractivity contribution in [1.82, 2.24) is 0 Å². The Balaban J connectivity index is 2.49. The first-order valence-corrected chi connectivity index (χ1v) is 7.97. The molecule has 4 nitrogen and oxygen atoms in total. The summed E-state index contributed by atoms with van der Waals surface area (Å²) in [6.07, 6.45) is -2.03. The molecular formula is C18H18Cl2O4. The van der Waals surface area contributed by atoms with Gasteiger partial charge in [-0.2, -0.15) is 0 Å². The van der Waals surface area contributed by atoms with Crippen LogP contribution in [0, 0.1) is 0 Å². The molecule has 6 heteroatoms. The molecule has 0 saturated carbocycles. The molecule has 0 fully saturated rings. The minimum Gasteiger partial charge on any atom is -0.508 e. The van der Waals surface area contributed by atoms with Crippen LogP contribution in [0.1, 0.15) is 39.2 Å². The second kappa shape index (κ2) is 7.77. The Hall–Kier alpha value is -1.91. The highest BCUT2D eigenvalue weighted by molar-refractivity contribution is 6.36. The summed E-state index contributed by atoms with van der Waals surface area (Å²) in [4.78, 5) is 10.6. The highest BCUT2D eigenvalue weighted by atomic mass is 35.5. The van der Waals surface area contributed by atoms with E-state index in [1.165, 1.54) is 24.3 Å². The van der Waals surface area contributed by atoms with E-state index < -0.39 is 18.9 Å². The molecule has 0 heterocycles. The lowest BCUT2D eigenvalue weighted by Crippen LogP contribution is -2.09. The van der Waals surface area contributed by atoms with Gasteiger partial charge in [-0.1, -0.05) is 49.2 Å². The molecule has 0 spiro atoms. The molecule has 0 atom stereocenters. The Kier molecular flexibility index (Phi) is 5.06. The number of rotatable bonds is 6. The third-order valence-corrected chi connectivity index (χ3v) is 3.89. The van der Waals surface area contributed by atoms with Crippen LogP contribution >= 0.6 is 23.2 Å². The zero-order valence-electron chi connectivity index (χ0n) is 15.1. The standard InChI is InChI=1S/C18H18Cl2O4/c1-10(2)13-5-11(3-4-17(13)21)6-14-15(19)7-12(8-16(14)20)24-9-18(22)23/h3-5,7-8,10,21H,6,9H2,1-2H3,(H,22,23)/i6D2. The number of aromatic hydroxyl groups is 1. The van der Waals surface area contributed by atoms with Crippen LogP contribution in [0.4, 0.5) is 0 Å². The summed E-state index contributed by atoms with van der Waals surface area (Å²) in [6.45, 7) is 3.22. The van der Waals surface area contributed by atoms with Gasteiger partial charge >= 0.3 is 5.97 Å². The summed E-state index contributed by atoms with van der Waals surface area (Å²) in [5.41, 5.74) is 0.950. The van der Waals surface area contributed by atoms with Crippen molar-refractivity contribution in [2.45, 2.75) is 26.1 Å². The van der Waals surface area contributed by atoms with Gasteiger partial charge in [0.05, 0.1) is 0 Å². The fraction of sp³-hybridized carbons (Fsp3) is 0.278. The number of phenolic OH excluding ortho intramolecular Hbond substituents is 1. The maximum atomic E-state index is 10.6. The van der Waals surface area contributed by atoms with Crippen molar-refractivity contribution in [2.24, 2.45) is 0 Å². The second-order valence-electron chi connectivity index (χ2n) is 5.50. The van der Waals surface area contributed by atoms with Crippen LogP contribution < -0.4 is 4.74 Å². The number of carboxylic acid groups (broad SMARTS) is 1. The molecule has 0 aliphatic heterocycles. The third-order valence-electron chi connectivity index (χ3n) is 3.30. The summed E-state index contributed by atoms with van der Waals surface area (Å²) in [7, 11) is 0. The van der Waals surface area contributed by atoms with Gasteiger partial charge in [-0.05, 0) is 40.8 Å². The van der Waals surface area contributed by atoms with E-state index in [-0.39, 0.29) is 33.0 Å². The van der Waals surface area contributed by atoms with E-state index in [9.17, 15) is 9.90 Å². The number of benzene rings is 2.